The second kappa shape index (κ2) is 8.98. The molecule has 0 aromatic heterocycles. The van der Waals surface area contributed by atoms with Crippen LogP contribution in [0.25, 0.3) is 0 Å². The minimum atomic E-state index is -0.999. The third kappa shape index (κ3) is 5.51. The van der Waals surface area contributed by atoms with E-state index in [2.05, 4.69) is 0 Å². The number of hydrogen-bond donors (Lipinski definition) is 0. The molecular weight excluding hydrogens is 256 g/mol. The van der Waals surface area contributed by atoms with E-state index in [0.29, 0.717) is 12.8 Å². The fourth-order valence-corrected chi connectivity index (χ4v) is 3.03. The lowest BCUT2D eigenvalue weighted by molar-refractivity contribution is -0.325. The average Bonchev–Trinajstić information content (AvgIpc) is 2.30. The van der Waals surface area contributed by atoms with Crippen LogP contribution in [0.3, 0.4) is 0 Å². The Morgan fingerprint density at radius 1 is 0.850 bits per heavy atom. The molecule has 0 atom stereocenters. The van der Waals surface area contributed by atoms with E-state index in [0.717, 1.165) is 25.7 Å². The number of unbranched alkanes of at least 4 members (excludes halogenated alkanes) is 4. The number of carbonyl (C=O) groups is 2. The Morgan fingerprint density at radius 3 is 1.70 bits per heavy atom. The van der Waals surface area contributed by atoms with Crippen molar-refractivity contribution in [2.75, 3.05) is 0 Å². The van der Waals surface area contributed by atoms with Crippen LogP contribution in [0.15, 0.2) is 0 Å². The highest BCUT2D eigenvalue weighted by atomic mass is 16.4. The summed E-state index contributed by atoms with van der Waals surface area (Å²) in [5.74, 6) is -1.85. The highest BCUT2D eigenvalue weighted by Gasteiger charge is 2.37. The maximum absolute atomic E-state index is 11.6. The summed E-state index contributed by atoms with van der Waals surface area (Å²) in [5.41, 5.74) is -0.759. The van der Waals surface area contributed by atoms with E-state index in [1.165, 1.54) is 0 Å². The van der Waals surface area contributed by atoms with E-state index in [4.69, 9.17) is 0 Å². The maximum atomic E-state index is 11.6. The first-order chi connectivity index (χ1) is 9.25. The first-order valence-corrected chi connectivity index (χ1v) is 7.66. The first-order valence-electron chi connectivity index (χ1n) is 7.66. The highest BCUT2D eigenvalue weighted by molar-refractivity contribution is 5.73. The first kappa shape index (κ1) is 18.9. The lowest BCUT2D eigenvalue weighted by atomic mass is 9.66. The van der Waals surface area contributed by atoms with Gasteiger partial charge in [-0.25, -0.2) is 0 Å². The second-order valence-electron chi connectivity index (χ2n) is 6.28. The Labute approximate surface area is 122 Å². The molecule has 0 unspecified atom stereocenters. The molecule has 0 saturated heterocycles. The van der Waals surface area contributed by atoms with Crippen molar-refractivity contribution in [3.8, 4) is 0 Å². The fraction of sp³-hybridized carbons (Fsp3) is 0.875. The molecule has 0 saturated carbocycles. The van der Waals surface area contributed by atoms with Crippen molar-refractivity contribution in [2.24, 2.45) is 17.3 Å². The number of carboxylic acids is 2. The van der Waals surface area contributed by atoms with Crippen LogP contribution in [-0.2, 0) is 9.59 Å². The van der Waals surface area contributed by atoms with Gasteiger partial charge in [0.05, 0.1) is 0 Å². The number of carbonyl (C=O) groups excluding carboxylic acids is 2. The van der Waals surface area contributed by atoms with E-state index in [1.54, 1.807) is 0 Å². The molecule has 0 aliphatic carbocycles. The normalized spacial score (nSPS) is 12.1. The third-order valence-electron chi connectivity index (χ3n) is 4.41. The summed E-state index contributed by atoms with van der Waals surface area (Å²) in [5, 5.41) is 21.8. The van der Waals surface area contributed by atoms with Gasteiger partial charge in [0.15, 0.2) is 0 Å². The van der Waals surface area contributed by atoms with Crippen molar-refractivity contribution in [1.29, 1.82) is 0 Å². The third-order valence-corrected chi connectivity index (χ3v) is 4.41. The van der Waals surface area contributed by atoms with Gasteiger partial charge >= 0.3 is 0 Å². The van der Waals surface area contributed by atoms with Crippen LogP contribution in [0.5, 0.6) is 0 Å². The summed E-state index contributed by atoms with van der Waals surface area (Å²) < 4.78 is 0. The van der Waals surface area contributed by atoms with Crippen LogP contribution in [0.2, 0.25) is 0 Å². The minimum absolute atomic E-state index is 0.0468. The Hall–Kier alpha value is -1.06. The molecule has 0 amide bonds. The zero-order valence-electron chi connectivity index (χ0n) is 13.2. The molecule has 4 nitrogen and oxygen atoms in total. The molecule has 0 heterocycles. The molecule has 0 fully saturated rings. The van der Waals surface area contributed by atoms with E-state index >= 15 is 0 Å². The van der Waals surface area contributed by atoms with E-state index in [9.17, 15) is 19.8 Å². The summed E-state index contributed by atoms with van der Waals surface area (Å²) in [6.07, 6.45) is 4.95. The molecule has 0 rings (SSSR count). The van der Waals surface area contributed by atoms with Crippen LogP contribution in [0, 0.1) is 17.3 Å². The quantitative estimate of drug-likeness (QED) is 0.539. The molecule has 0 aliphatic rings. The van der Waals surface area contributed by atoms with Crippen molar-refractivity contribution >= 4 is 11.9 Å². The Morgan fingerprint density at radius 2 is 1.30 bits per heavy atom. The van der Waals surface area contributed by atoms with Crippen molar-refractivity contribution in [2.45, 2.75) is 72.6 Å². The van der Waals surface area contributed by atoms with E-state index in [1.807, 2.05) is 27.7 Å². The van der Waals surface area contributed by atoms with E-state index in [-0.39, 0.29) is 18.3 Å². The molecule has 0 aromatic rings. The molecule has 118 valence electrons. The largest absolute Gasteiger partial charge is 0.550 e. The standard InChI is InChI=1S/C16H30O4/c1-12(2)16(13(3)4,15(19)20)11-9-7-5-6-8-10-14(17)18/h12-13H,5-11H2,1-4H3,(H,17,18)(H,19,20)/p-2. The molecule has 0 spiro atoms. The monoisotopic (exact) mass is 284 g/mol. The minimum Gasteiger partial charge on any atom is -0.550 e. The molecule has 0 aliphatic heterocycles. The SMILES string of the molecule is CC(C)C(CCCCCCCC(=O)[O-])(C(=O)[O-])C(C)C. The Balaban J connectivity index is 4.17. The van der Waals surface area contributed by atoms with Gasteiger partial charge in [0, 0.05) is 17.4 Å². The Bertz CT molecular complexity index is 300. The van der Waals surface area contributed by atoms with Crippen molar-refractivity contribution in [1.82, 2.24) is 0 Å². The van der Waals surface area contributed by atoms with Crippen LogP contribution >= 0.6 is 0 Å². The number of rotatable bonds is 11. The zero-order valence-corrected chi connectivity index (χ0v) is 13.2. The van der Waals surface area contributed by atoms with Gasteiger partial charge in [-0.15, -0.1) is 0 Å². The number of hydrogen-bond acceptors (Lipinski definition) is 4. The smallest absolute Gasteiger partial charge is 0.0481 e. The predicted octanol–water partition coefficient (Wildman–Crippen LogP) is 1.52. The summed E-state index contributed by atoms with van der Waals surface area (Å²) >= 11 is 0. The molecule has 4 heteroatoms. The van der Waals surface area contributed by atoms with Gasteiger partial charge in [0.25, 0.3) is 0 Å². The van der Waals surface area contributed by atoms with Gasteiger partial charge in [-0.1, -0.05) is 53.4 Å². The van der Waals surface area contributed by atoms with Gasteiger partial charge in [-0.05, 0) is 31.1 Å². The molecular formula is C16H28O4-2. The molecule has 20 heavy (non-hydrogen) atoms. The molecule has 0 radical (unpaired) electrons. The maximum Gasteiger partial charge on any atom is 0.0481 e. The van der Waals surface area contributed by atoms with Crippen LogP contribution in [-0.4, -0.2) is 11.9 Å². The summed E-state index contributed by atoms with van der Waals surface area (Å²) in [6.45, 7) is 7.76. The molecule has 0 aromatic carbocycles. The predicted molar refractivity (Wildman–Crippen MR) is 74.4 cm³/mol. The number of aliphatic carboxylic acids is 2. The van der Waals surface area contributed by atoms with Crippen LogP contribution in [0.4, 0.5) is 0 Å². The van der Waals surface area contributed by atoms with Gasteiger partial charge in [0.1, 0.15) is 0 Å². The van der Waals surface area contributed by atoms with Gasteiger partial charge < -0.3 is 19.8 Å². The van der Waals surface area contributed by atoms with E-state index < -0.39 is 17.4 Å². The molecule has 0 N–H and O–H groups in total. The fourth-order valence-electron chi connectivity index (χ4n) is 3.03. The zero-order chi connectivity index (χ0) is 15.8. The summed E-state index contributed by atoms with van der Waals surface area (Å²) in [7, 11) is 0. The lowest BCUT2D eigenvalue weighted by Crippen LogP contribution is -2.49. The van der Waals surface area contributed by atoms with Gasteiger partial charge in [0.2, 0.25) is 0 Å². The topological polar surface area (TPSA) is 80.3 Å². The van der Waals surface area contributed by atoms with Crippen molar-refractivity contribution < 1.29 is 19.8 Å². The average molecular weight is 284 g/mol. The summed E-state index contributed by atoms with van der Waals surface area (Å²) in [6, 6.07) is 0. The Kier molecular flexibility index (Phi) is 8.51. The highest BCUT2D eigenvalue weighted by Crippen LogP contribution is 2.40. The van der Waals surface area contributed by atoms with Gasteiger partial charge in [-0.2, -0.15) is 0 Å². The second-order valence-corrected chi connectivity index (χ2v) is 6.28. The number of carboxylic acid groups (broad SMARTS) is 2. The summed E-state index contributed by atoms with van der Waals surface area (Å²) in [4.78, 5) is 21.8. The van der Waals surface area contributed by atoms with Crippen molar-refractivity contribution in [3.05, 3.63) is 0 Å². The lowest BCUT2D eigenvalue weighted by Gasteiger charge is -2.42. The van der Waals surface area contributed by atoms with Crippen molar-refractivity contribution in [3.63, 3.8) is 0 Å². The van der Waals surface area contributed by atoms with Crippen LogP contribution in [0.1, 0.15) is 72.6 Å². The van der Waals surface area contributed by atoms with Gasteiger partial charge in [-0.3, -0.25) is 0 Å². The molecule has 0 bridgehead atoms. The van der Waals surface area contributed by atoms with Crippen LogP contribution < -0.4 is 10.2 Å².